The predicted octanol–water partition coefficient (Wildman–Crippen LogP) is 1.07. The molecule has 1 saturated heterocycles. The lowest BCUT2D eigenvalue weighted by atomic mass is 9.89. The Bertz CT molecular complexity index is 458. The van der Waals surface area contributed by atoms with Crippen molar-refractivity contribution in [2.24, 2.45) is 5.92 Å². The minimum absolute atomic E-state index is 0.0123. The second-order valence-corrected chi connectivity index (χ2v) is 4.24. The first kappa shape index (κ1) is 12.5. The minimum Gasteiger partial charge on any atom is -0.469 e. The van der Waals surface area contributed by atoms with Crippen molar-refractivity contribution in [3.63, 3.8) is 0 Å². The van der Waals surface area contributed by atoms with Crippen LogP contribution in [-0.4, -0.2) is 31.1 Å². The van der Waals surface area contributed by atoms with Crippen molar-refractivity contribution in [1.82, 2.24) is 5.32 Å². The zero-order valence-electron chi connectivity index (χ0n) is 9.96. The molecule has 0 saturated carbocycles. The van der Waals surface area contributed by atoms with E-state index in [-0.39, 0.29) is 23.5 Å². The third kappa shape index (κ3) is 2.33. The Morgan fingerprint density at radius 1 is 1.39 bits per heavy atom. The Hall–Kier alpha value is -1.95. The predicted molar refractivity (Wildman–Crippen MR) is 64.2 cm³/mol. The fourth-order valence-corrected chi connectivity index (χ4v) is 2.27. The van der Waals surface area contributed by atoms with E-state index in [1.807, 2.05) is 0 Å². The number of nitrogens with one attached hydrogen (secondary N) is 1. The first-order valence-electron chi connectivity index (χ1n) is 5.66. The van der Waals surface area contributed by atoms with Crippen molar-refractivity contribution in [2.75, 3.05) is 20.2 Å². The Balaban J connectivity index is 2.20. The lowest BCUT2D eigenvalue weighted by Crippen LogP contribution is -2.22. The van der Waals surface area contributed by atoms with E-state index in [0.29, 0.717) is 13.1 Å². The van der Waals surface area contributed by atoms with Gasteiger partial charge in [-0.1, -0.05) is 12.1 Å². The van der Waals surface area contributed by atoms with Gasteiger partial charge in [0.25, 0.3) is 5.69 Å². The fourth-order valence-electron chi connectivity index (χ4n) is 2.27. The summed E-state index contributed by atoms with van der Waals surface area (Å²) in [6, 6.07) is 6.32. The number of carbonyl (C=O) groups is 1. The topological polar surface area (TPSA) is 81.5 Å². The molecule has 1 aliphatic heterocycles. The van der Waals surface area contributed by atoms with Crippen LogP contribution in [0.25, 0.3) is 0 Å². The van der Waals surface area contributed by atoms with Crippen molar-refractivity contribution in [2.45, 2.75) is 5.92 Å². The van der Waals surface area contributed by atoms with Crippen LogP contribution in [0.1, 0.15) is 11.5 Å². The number of esters is 1. The van der Waals surface area contributed by atoms with Crippen molar-refractivity contribution in [3.8, 4) is 0 Å². The number of carbonyl (C=O) groups excluding carboxylic acids is 1. The van der Waals surface area contributed by atoms with E-state index in [4.69, 9.17) is 4.74 Å². The van der Waals surface area contributed by atoms with Crippen LogP contribution < -0.4 is 5.32 Å². The van der Waals surface area contributed by atoms with Gasteiger partial charge in [-0.05, 0) is 5.56 Å². The highest BCUT2D eigenvalue weighted by atomic mass is 16.6. The number of nitrogens with zero attached hydrogens (tertiary/aromatic N) is 1. The summed E-state index contributed by atoms with van der Waals surface area (Å²) >= 11 is 0. The standard InChI is InChI=1S/C12H14N2O4/c1-18-12(15)11-7-13-6-10(11)8-2-4-9(5-3-8)14(16)17/h2-5,10-11,13H,6-7H2,1H3/t10-,11+/m1/s1. The SMILES string of the molecule is COC(=O)[C@H]1CNC[C@@H]1c1ccc([N+](=O)[O-])cc1. The quantitative estimate of drug-likeness (QED) is 0.493. The number of nitro benzene ring substituents is 1. The average molecular weight is 250 g/mol. The number of rotatable bonds is 3. The van der Waals surface area contributed by atoms with Crippen LogP contribution in [0.3, 0.4) is 0 Å². The molecule has 1 aliphatic rings. The fraction of sp³-hybridized carbons (Fsp3) is 0.417. The Kier molecular flexibility index (Phi) is 3.57. The first-order valence-corrected chi connectivity index (χ1v) is 5.66. The summed E-state index contributed by atoms with van der Waals surface area (Å²) in [6.45, 7) is 1.26. The molecular formula is C12H14N2O4. The largest absolute Gasteiger partial charge is 0.469 e. The van der Waals surface area contributed by atoms with Gasteiger partial charge in [-0.25, -0.2) is 0 Å². The third-order valence-corrected chi connectivity index (χ3v) is 3.25. The van der Waals surface area contributed by atoms with Gasteiger partial charge in [-0.3, -0.25) is 14.9 Å². The number of hydrogen-bond acceptors (Lipinski definition) is 5. The van der Waals surface area contributed by atoms with E-state index in [1.165, 1.54) is 19.2 Å². The molecule has 0 aliphatic carbocycles. The monoisotopic (exact) mass is 250 g/mol. The van der Waals surface area contributed by atoms with Gasteiger partial charge in [-0.15, -0.1) is 0 Å². The molecule has 6 nitrogen and oxygen atoms in total. The second-order valence-electron chi connectivity index (χ2n) is 4.24. The van der Waals surface area contributed by atoms with Crippen molar-refractivity contribution in [1.29, 1.82) is 0 Å². The lowest BCUT2D eigenvalue weighted by Gasteiger charge is -2.16. The molecule has 0 aromatic heterocycles. The lowest BCUT2D eigenvalue weighted by molar-refractivity contribution is -0.384. The van der Waals surface area contributed by atoms with Gasteiger partial charge in [0, 0.05) is 31.1 Å². The summed E-state index contributed by atoms with van der Waals surface area (Å²) in [5.74, 6) is -0.460. The van der Waals surface area contributed by atoms with Crippen LogP contribution in [-0.2, 0) is 9.53 Å². The van der Waals surface area contributed by atoms with Crippen LogP contribution >= 0.6 is 0 Å². The van der Waals surface area contributed by atoms with E-state index in [2.05, 4.69) is 5.32 Å². The van der Waals surface area contributed by atoms with E-state index >= 15 is 0 Å². The summed E-state index contributed by atoms with van der Waals surface area (Å²) in [4.78, 5) is 21.7. The Morgan fingerprint density at radius 3 is 2.61 bits per heavy atom. The molecule has 6 heteroatoms. The molecule has 0 bridgehead atoms. The molecule has 0 amide bonds. The highest BCUT2D eigenvalue weighted by Crippen LogP contribution is 2.30. The normalized spacial score (nSPS) is 22.7. The van der Waals surface area contributed by atoms with Crippen molar-refractivity contribution >= 4 is 11.7 Å². The van der Waals surface area contributed by atoms with Crippen LogP contribution in [0.4, 0.5) is 5.69 Å². The number of non-ortho nitro benzene ring substituents is 1. The molecule has 96 valence electrons. The first-order chi connectivity index (χ1) is 8.63. The summed E-state index contributed by atoms with van der Waals surface area (Å²) < 4.78 is 4.76. The van der Waals surface area contributed by atoms with Crippen LogP contribution in [0.5, 0.6) is 0 Å². The van der Waals surface area contributed by atoms with Crippen LogP contribution in [0.2, 0.25) is 0 Å². The maximum atomic E-state index is 11.6. The van der Waals surface area contributed by atoms with E-state index in [1.54, 1.807) is 12.1 Å². The Morgan fingerprint density at radius 2 is 2.06 bits per heavy atom. The molecule has 2 rings (SSSR count). The van der Waals surface area contributed by atoms with E-state index in [9.17, 15) is 14.9 Å². The number of ether oxygens (including phenoxy) is 1. The molecule has 1 aromatic carbocycles. The smallest absolute Gasteiger partial charge is 0.310 e. The third-order valence-electron chi connectivity index (χ3n) is 3.25. The van der Waals surface area contributed by atoms with E-state index < -0.39 is 4.92 Å². The van der Waals surface area contributed by atoms with Crippen LogP contribution in [0.15, 0.2) is 24.3 Å². The molecule has 0 spiro atoms. The Labute approximate surface area is 104 Å². The highest BCUT2D eigenvalue weighted by Gasteiger charge is 2.34. The van der Waals surface area contributed by atoms with Gasteiger partial charge >= 0.3 is 5.97 Å². The molecule has 1 heterocycles. The van der Waals surface area contributed by atoms with Crippen molar-refractivity contribution in [3.05, 3.63) is 39.9 Å². The van der Waals surface area contributed by atoms with Crippen LogP contribution in [0, 0.1) is 16.0 Å². The summed E-state index contributed by atoms with van der Waals surface area (Å²) in [5.41, 5.74) is 0.973. The van der Waals surface area contributed by atoms with Gasteiger partial charge in [0.15, 0.2) is 0 Å². The number of nitro groups is 1. The average Bonchev–Trinajstić information content (AvgIpc) is 2.87. The molecule has 1 N–H and O–H groups in total. The number of hydrogen-bond donors (Lipinski definition) is 1. The molecule has 18 heavy (non-hydrogen) atoms. The summed E-state index contributed by atoms with van der Waals surface area (Å²) in [6.07, 6.45) is 0. The van der Waals surface area contributed by atoms with Gasteiger partial charge in [-0.2, -0.15) is 0 Å². The van der Waals surface area contributed by atoms with Gasteiger partial charge in [0.2, 0.25) is 0 Å². The minimum atomic E-state index is -0.436. The zero-order valence-corrected chi connectivity index (χ0v) is 9.96. The second kappa shape index (κ2) is 5.14. The molecule has 1 fully saturated rings. The van der Waals surface area contributed by atoms with Gasteiger partial charge < -0.3 is 10.1 Å². The zero-order chi connectivity index (χ0) is 13.1. The number of methoxy groups -OCH3 is 1. The van der Waals surface area contributed by atoms with E-state index in [0.717, 1.165) is 5.56 Å². The number of benzene rings is 1. The maximum Gasteiger partial charge on any atom is 0.310 e. The summed E-state index contributed by atoms with van der Waals surface area (Å²) in [5, 5.41) is 13.7. The summed E-state index contributed by atoms with van der Waals surface area (Å²) in [7, 11) is 1.37. The molecule has 1 aromatic rings. The van der Waals surface area contributed by atoms with Gasteiger partial charge in [0.05, 0.1) is 18.0 Å². The highest BCUT2D eigenvalue weighted by molar-refractivity contribution is 5.74. The molecular weight excluding hydrogens is 236 g/mol. The molecule has 0 radical (unpaired) electrons. The molecule has 2 atom stereocenters. The van der Waals surface area contributed by atoms with Crippen molar-refractivity contribution < 1.29 is 14.5 Å². The van der Waals surface area contributed by atoms with Gasteiger partial charge in [0.1, 0.15) is 0 Å². The molecule has 0 unspecified atom stereocenters. The maximum absolute atomic E-state index is 11.6.